The number of anilines is 1. The number of thioether (sulfide) groups is 1. The molecule has 0 aliphatic carbocycles. The van der Waals surface area contributed by atoms with Gasteiger partial charge < -0.3 is 19.4 Å². The first-order valence-electron chi connectivity index (χ1n) is 9.95. The zero-order valence-corrected chi connectivity index (χ0v) is 19.5. The molecule has 0 aliphatic rings. The van der Waals surface area contributed by atoms with Gasteiger partial charge in [-0.1, -0.05) is 25.6 Å². The van der Waals surface area contributed by atoms with E-state index in [1.165, 1.54) is 18.9 Å². The van der Waals surface area contributed by atoms with E-state index >= 15 is 0 Å². The molecule has 1 N–H and O–H groups in total. The maximum atomic E-state index is 13.3. The van der Waals surface area contributed by atoms with Crippen molar-refractivity contribution >= 4 is 34.4 Å². The fraction of sp³-hybridized carbons (Fsp3) is 0.409. The number of nitrogens with one attached hydrogen (secondary N) is 1. The SMILES string of the molecule is COc1ccc(NC(=O)Cn2c(C)cc3nc(SC)n(CC(C)C)c(=O)c32)cc1OC. The molecule has 0 bridgehead atoms. The second-order valence-electron chi connectivity index (χ2n) is 7.63. The number of aryl methyl sites for hydroxylation is 1. The quantitative estimate of drug-likeness (QED) is 0.422. The van der Waals surface area contributed by atoms with Crippen molar-refractivity contribution in [2.24, 2.45) is 5.92 Å². The molecule has 0 aliphatic heterocycles. The van der Waals surface area contributed by atoms with Crippen molar-refractivity contribution in [2.75, 3.05) is 25.8 Å². The predicted molar refractivity (Wildman–Crippen MR) is 124 cm³/mol. The molecular formula is C22H28N4O4S. The van der Waals surface area contributed by atoms with E-state index in [2.05, 4.69) is 24.1 Å². The number of hydrogen-bond donors (Lipinski definition) is 1. The van der Waals surface area contributed by atoms with Gasteiger partial charge in [-0.3, -0.25) is 14.2 Å². The van der Waals surface area contributed by atoms with Crippen LogP contribution in [-0.2, 0) is 17.9 Å². The number of hydrogen-bond acceptors (Lipinski definition) is 6. The molecule has 31 heavy (non-hydrogen) atoms. The van der Waals surface area contributed by atoms with Gasteiger partial charge in [0.05, 0.1) is 19.7 Å². The van der Waals surface area contributed by atoms with E-state index in [1.54, 1.807) is 34.4 Å². The second-order valence-corrected chi connectivity index (χ2v) is 8.41. The molecule has 8 nitrogen and oxygen atoms in total. The Morgan fingerprint density at radius 2 is 1.87 bits per heavy atom. The number of methoxy groups -OCH3 is 2. The number of nitrogens with zero attached hydrogens (tertiary/aromatic N) is 3. The lowest BCUT2D eigenvalue weighted by atomic mass is 10.2. The summed E-state index contributed by atoms with van der Waals surface area (Å²) in [7, 11) is 3.09. The molecule has 3 aromatic rings. The van der Waals surface area contributed by atoms with Gasteiger partial charge in [0, 0.05) is 24.0 Å². The summed E-state index contributed by atoms with van der Waals surface area (Å²) in [6.45, 7) is 6.56. The van der Waals surface area contributed by atoms with Gasteiger partial charge in [-0.05, 0) is 37.3 Å². The Balaban J connectivity index is 1.95. The monoisotopic (exact) mass is 444 g/mol. The Morgan fingerprint density at radius 3 is 2.48 bits per heavy atom. The molecule has 2 aromatic heterocycles. The molecular weight excluding hydrogens is 416 g/mol. The zero-order chi connectivity index (χ0) is 22.7. The Hall–Kier alpha value is -2.94. The predicted octanol–water partition coefficient (Wildman–Crippen LogP) is 3.54. The van der Waals surface area contributed by atoms with Crippen molar-refractivity contribution in [1.82, 2.24) is 14.1 Å². The molecule has 1 amide bonds. The van der Waals surface area contributed by atoms with Crippen LogP contribution in [-0.4, -0.2) is 40.5 Å². The molecule has 0 spiro atoms. The first-order chi connectivity index (χ1) is 14.8. The van der Waals surface area contributed by atoms with Gasteiger partial charge in [-0.2, -0.15) is 0 Å². The van der Waals surface area contributed by atoms with Gasteiger partial charge in [-0.25, -0.2) is 4.98 Å². The molecule has 0 saturated carbocycles. The third-order valence-corrected chi connectivity index (χ3v) is 5.55. The summed E-state index contributed by atoms with van der Waals surface area (Å²) in [6, 6.07) is 7.00. The number of amides is 1. The minimum atomic E-state index is -0.253. The first-order valence-corrected chi connectivity index (χ1v) is 11.2. The molecule has 0 fully saturated rings. The maximum absolute atomic E-state index is 13.3. The fourth-order valence-electron chi connectivity index (χ4n) is 3.49. The number of carbonyl (C=O) groups is 1. The van der Waals surface area contributed by atoms with Crippen LogP contribution < -0.4 is 20.3 Å². The fourth-order valence-corrected chi connectivity index (χ4v) is 4.06. The first kappa shape index (κ1) is 22.7. The van der Waals surface area contributed by atoms with Gasteiger partial charge in [0.25, 0.3) is 5.56 Å². The van der Waals surface area contributed by atoms with Gasteiger partial charge in [0.15, 0.2) is 16.7 Å². The van der Waals surface area contributed by atoms with Crippen LogP contribution in [0.15, 0.2) is 34.2 Å². The van der Waals surface area contributed by atoms with Crippen LogP contribution in [0.4, 0.5) is 5.69 Å². The van der Waals surface area contributed by atoms with E-state index in [0.29, 0.717) is 45.8 Å². The third-order valence-electron chi connectivity index (χ3n) is 4.88. The number of carbonyl (C=O) groups excluding carboxylic acids is 1. The highest BCUT2D eigenvalue weighted by Gasteiger charge is 2.19. The van der Waals surface area contributed by atoms with E-state index in [0.717, 1.165) is 5.69 Å². The lowest BCUT2D eigenvalue weighted by Gasteiger charge is -2.14. The van der Waals surface area contributed by atoms with Crippen molar-refractivity contribution in [2.45, 2.75) is 39.0 Å². The van der Waals surface area contributed by atoms with E-state index in [-0.39, 0.29) is 18.0 Å². The van der Waals surface area contributed by atoms with Crippen LogP contribution >= 0.6 is 11.8 Å². The lowest BCUT2D eigenvalue weighted by molar-refractivity contribution is -0.116. The number of fused-ring (bicyclic) bond motifs is 1. The van der Waals surface area contributed by atoms with Crippen molar-refractivity contribution in [3.8, 4) is 11.5 Å². The minimum Gasteiger partial charge on any atom is -0.493 e. The van der Waals surface area contributed by atoms with Crippen LogP contribution in [0.5, 0.6) is 11.5 Å². The Bertz CT molecular complexity index is 1170. The summed E-state index contributed by atoms with van der Waals surface area (Å²) in [5.41, 5.74) is 2.30. The van der Waals surface area contributed by atoms with Gasteiger partial charge in [0.1, 0.15) is 12.1 Å². The van der Waals surface area contributed by atoms with Crippen molar-refractivity contribution < 1.29 is 14.3 Å². The van der Waals surface area contributed by atoms with Gasteiger partial charge in [-0.15, -0.1) is 0 Å². The molecule has 9 heteroatoms. The molecule has 3 rings (SSSR count). The minimum absolute atomic E-state index is 0.000884. The molecule has 166 valence electrons. The summed E-state index contributed by atoms with van der Waals surface area (Å²) >= 11 is 1.44. The summed E-state index contributed by atoms with van der Waals surface area (Å²) in [6.07, 6.45) is 1.91. The van der Waals surface area contributed by atoms with E-state index in [4.69, 9.17) is 9.47 Å². The van der Waals surface area contributed by atoms with E-state index in [1.807, 2.05) is 19.2 Å². The third kappa shape index (κ3) is 4.71. The molecule has 0 atom stereocenters. The average molecular weight is 445 g/mol. The van der Waals surface area contributed by atoms with Gasteiger partial charge >= 0.3 is 0 Å². The Kier molecular flexibility index (Phi) is 6.94. The van der Waals surface area contributed by atoms with E-state index < -0.39 is 0 Å². The van der Waals surface area contributed by atoms with Crippen LogP contribution in [0, 0.1) is 12.8 Å². The van der Waals surface area contributed by atoms with Crippen LogP contribution in [0.25, 0.3) is 11.0 Å². The highest BCUT2D eigenvalue weighted by molar-refractivity contribution is 7.98. The summed E-state index contributed by atoms with van der Waals surface area (Å²) < 4.78 is 13.9. The average Bonchev–Trinajstić information content (AvgIpc) is 3.04. The number of benzene rings is 1. The van der Waals surface area contributed by atoms with Crippen molar-refractivity contribution in [3.63, 3.8) is 0 Å². The zero-order valence-electron chi connectivity index (χ0n) is 18.7. The molecule has 2 heterocycles. The lowest BCUT2D eigenvalue weighted by Crippen LogP contribution is -2.28. The normalized spacial score (nSPS) is 11.2. The summed E-state index contributed by atoms with van der Waals surface area (Å²) in [4.78, 5) is 30.8. The molecule has 0 radical (unpaired) electrons. The smallest absolute Gasteiger partial charge is 0.278 e. The topological polar surface area (TPSA) is 87.4 Å². The molecule has 0 unspecified atom stereocenters. The molecule has 1 aromatic carbocycles. The Labute approximate surface area is 185 Å². The van der Waals surface area contributed by atoms with Crippen LogP contribution in [0.3, 0.4) is 0 Å². The largest absolute Gasteiger partial charge is 0.493 e. The number of aromatic nitrogens is 3. The van der Waals surface area contributed by atoms with Crippen molar-refractivity contribution in [1.29, 1.82) is 0 Å². The number of rotatable bonds is 8. The standard InChI is InChI=1S/C22H28N4O4S/c1-13(2)11-26-21(28)20-16(24-22(26)31-6)9-14(3)25(20)12-19(27)23-15-7-8-17(29-4)18(10-15)30-5/h7-10,13H,11-12H2,1-6H3,(H,23,27). The summed E-state index contributed by atoms with van der Waals surface area (Å²) in [5, 5.41) is 3.54. The van der Waals surface area contributed by atoms with Crippen LogP contribution in [0.1, 0.15) is 19.5 Å². The highest BCUT2D eigenvalue weighted by atomic mass is 32.2. The second kappa shape index (κ2) is 9.47. The van der Waals surface area contributed by atoms with Gasteiger partial charge in [0.2, 0.25) is 5.91 Å². The van der Waals surface area contributed by atoms with E-state index in [9.17, 15) is 9.59 Å². The highest BCUT2D eigenvalue weighted by Crippen LogP contribution is 2.29. The Morgan fingerprint density at radius 1 is 1.16 bits per heavy atom. The number of ether oxygens (including phenoxy) is 2. The van der Waals surface area contributed by atoms with Crippen LogP contribution in [0.2, 0.25) is 0 Å². The van der Waals surface area contributed by atoms with Crippen molar-refractivity contribution in [3.05, 3.63) is 40.3 Å². The maximum Gasteiger partial charge on any atom is 0.278 e. The molecule has 0 saturated heterocycles. The summed E-state index contributed by atoms with van der Waals surface area (Å²) in [5.74, 6) is 1.14.